The molecule has 0 saturated carbocycles. The van der Waals surface area contributed by atoms with Crippen LogP contribution in [0, 0.1) is 6.92 Å². The molecule has 9 nitrogen and oxygen atoms in total. The summed E-state index contributed by atoms with van der Waals surface area (Å²) in [4.78, 5) is 27.7. The largest absolute Gasteiger partial charge is 0.510 e. The van der Waals surface area contributed by atoms with Crippen LogP contribution >= 0.6 is 0 Å². The van der Waals surface area contributed by atoms with Crippen molar-refractivity contribution in [2.45, 2.75) is 40.2 Å². The van der Waals surface area contributed by atoms with E-state index in [9.17, 15) is 14.7 Å². The fourth-order valence-corrected chi connectivity index (χ4v) is 2.68. The smallest absolute Gasteiger partial charge is 0.410 e. The molecule has 1 N–H and O–H groups in total. The fraction of sp³-hybridized carbons (Fsp3) is 0.474. The average Bonchev–Trinajstić information content (AvgIpc) is 2.95. The van der Waals surface area contributed by atoms with Gasteiger partial charge < -0.3 is 9.84 Å². The lowest BCUT2D eigenvalue weighted by Gasteiger charge is -2.34. The second kappa shape index (κ2) is 8.28. The maximum Gasteiger partial charge on any atom is 0.410 e. The number of aliphatic hydroxyl groups excluding tert-OH is 1. The Morgan fingerprint density at radius 2 is 2.00 bits per heavy atom. The molecule has 1 aromatic heterocycles. The van der Waals surface area contributed by atoms with Crippen molar-refractivity contribution in [3.05, 3.63) is 36.3 Å². The third-order valence-electron chi connectivity index (χ3n) is 3.99. The van der Waals surface area contributed by atoms with Crippen molar-refractivity contribution in [2.24, 2.45) is 0 Å². The number of allylic oxidation sites excluding steroid dienone is 5. The van der Waals surface area contributed by atoms with Crippen LogP contribution in [0.3, 0.4) is 0 Å². The maximum absolute atomic E-state index is 12.6. The zero-order valence-corrected chi connectivity index (χ0v) is 17.0. The van der Waals surface area contributed by atoms with Crippen LogP contribution in [-0.2, 0) is 9.53 Å². The van der Waals surface area contributed by atoms with E-state index < -0.39 is 11.7 Å². The Labute approximate surface area is 164 Å². The minimum absolute atomic E-state index is 0.0544. The Bertz CT molecular complexity index is 828. The van der Waals surface area contributed by atoms with Crippen molar-refractivity contribution in [1.29, 1.82) is 0 Å². The molecule has 0 bridgehead atoms. The Kier molecular flexibility index (Phi) is 6.27. The molecule has 9 heteroatoms. The summed E-state index contributed by atoms with van der Waals surface area (Å²) in [6, 6.07) is 0. The number of ether oxygens (including phenoxy) is 1. The van der Waals surface area contributed by atoms with Gasteiger partial charge in [-0.15, -0.1) is 5.10 Å². The summed E-state index contributed by atoms with van der Waals surface area (Å²) in [6.45, 7) is 12.7. The van der Waals surface area contributed by atoms with Crippen molar-refractivity contribution in [2.75, 3.05) is 24.5 Å². The first-order chi connectivity index (χ1) is 13.0. The molecule has 1 saturated heterocycles. The first-order valence-electron chi connectivity index (χ1n) is 8.95. The number of rotatable bonds is 4. The van der Waals surface area contributed by atoms with E-state index in [1.54, 1.807) is 45.9 Å². The van der Waals surface area contributed by atoms with Crippen LogP contribution in [-0.4, -0.2) is 62.2 Å². The van der Waals surface area contributed by atoms with Crippen LogP contribution in [0.2, 0.25) is 0 Å². The molecular weight excluding hydrogens is 362 g/mol. The molecular formula is C19H27N5O4. The third-order valence-corrected chi connectivity index (χ3v) is 3.99. The van der Waals surface area contributed by atoms with Gasteiger partial charge in [0.05, 0.1) is 5.69 Å². The van der Waals surface area contributed by atoms with Crippen LogP contribution in [0.25, 0.3) is 5.70 Å². The highest BCUT2D eigenvalue weighted by molar-refractivity contribution is 5.97. The highest BCUT2D eigenvalue weighted by Gasteiger charge is 2.33. The Balaban J connectivity index is 2.20. The number of amides is 2. The lowest BCUT2D eigenvalue weighted by molar-refractivity contribution is -0.121. The van der Waals surface area contributed by atoms with Gasteiger partial charge >= 0.3 is 6.09 Å². The molecule has 0 atom stereocenters. The van der Waals surface area contributed by atoms with Crippen LogP contribution in [0.15, 0.2) is 30.6 Å². The molecule has 1 aliphatic heterocycles. The topological polar surface area (TPSA) is 101 Å². The average molecular weight is 389 g/mol. The van der Waals surface area contributed by atoms with Gasteiger partial charge in [-0.3, -0.25) is 14.6 Å². The standard InChI is InChI=1S/C19H27N5O4/c1-7-8-9-15(14(3)25)24-13(2)17(20-21-24)23-11-10-22(12-16(23)26)18(27)28-19(4,5)6/h7-9,25H,1,10-12H2,2-6H3/b9-8-,15-14-. The van der Waals surface area contributed by atoms with E-state index in [2.05, 4.69) is 16.9 Å². The summed E-state index contributed by atoms with van der Waals surface area (Å²) >= 11 is 0. The lowest BCUT2D eigenvalue weighted by Crippen LogP contribution is -2.53. The zero-order chi connectivity index (χ0) is 21.1. The van der Waals surface area contributed by atoms with E-state index >= 15 is 0 Å². The van der Waals surface area contributed by atoms with Crippen molar-refractivity contribution >= 4 is 23.5 Å². The minimum atomic E-state index is -0.625. The monoisotopic (exact) mass is 389 g/mol. The molecule has 0 aromatic carbocycles. The van der Waals surface area contributed by atoms with Gasteiger partial charge in [0.1, 0.15) is 23.6 Å². The van der Waals surface area contributed by atoms with Gasteiger partial charge in [0.25, 0.3) is 0 Å². The van der Waals surface area contributed by atoms with E-state index in [0.717, 1.165) is 0 Å². The Hall–Kier alpha value is -3.10. The SMILES string of the molecule is C=C/C=C\C(=C(/C)O)n1nnc(N2CCN(C(=O)OC(C)(C)C)CC2=O)c1C. The molecule has 2 amide bonds. The van der Waals surface area contributed by atoms with Gasteiger partial charge in [-0.05, 0) is 40.7 Å². The van der Waals surface area contributed by atoms with Crippen molar-refractivity contribution in [3.8, 4) is 0 Å². The molecule has 0 radical (unpaired) electrons. The second-order valence-electron chi connectivity index (χ2n) is 7.42. The number of carbonyl (C=O) groups is 2. The molecule has 28 heavy (non-hydrogen) atoms. The van der Waals surface area contributed by atoms with Gasteiger partial charge in [0.2, 0.25) is 5.91 Å². The summed E-state index contributed by atoms with van der Waals surface area (Å²) in [6.07, 6.45) is 4.38. The predicted molar refractivity (Wildman–Crippen MR) is 106 cm³/mol. The first-order valence-corrected chi connectivity index (χ1v) is 8.95. The molecule has 1 fully saturated rings. The Morgan fingerprint density at radius 1 is 1.32 bits per heavy atom. The molecule has 1 aliphatic rings. The quantitative estimate of drug-likeness (QED) is 0.628. The highest BCUT2D eigenvalue weighted by Crippen LogP contribution is 2.23. The fourth-order valence-electron chi connectivity index (χ4n) is 2.68. The summed E-state index contributed by atoms with van der Waals surface area (Å²) in [5.74, 6) is 0.165. The lowest BCUT2D eigenvalue weighted by atomic mass is 10.2. The zero-order valence-electron chi connectivity index (χ0n) is 17.0. The molecule has 1 aromatic rings. The van der Waals surface area contributed by atoms with Crippen LogP contribution in [0.4, 0.5) is 10.6 Å². The van der Waals surface area contributed by atoms with Crippen molar-refractivity contribution in [3.63, 3.8) is 0 Å². The molecule has 152 valence electrons. The number of piperazine rings is 1. The van der Waals surface area contributed by atoms with Gasteiger partial charge in [-0.1, -0.05) is 23.9 Å². The molecule has 0 spiro atoms. The van der Waals surface area contributed by atoms with E-state index in [-0.39, 0.29) is 24.8 Å². The summed E-state index contributed by atoms with van der Waals surface area (Å²) in [5, 5.41) is 18.1. The normalized spacial score (nSPS) is 16.4. The minimum Gasteiger partial charge on any atom is -0.510 e. The Morgan fingerprint density at radius 3 is 2.54 bits per heavy atom. The van der Waals surface area contributed by atoms with E-state index in [1.165, 1.54) is 21.4 Å². The number of anilines is 1. The highest BCUT2D eigenvalue weighted by atomic mass is 16.6. The van der Waals surface area contributed by atoms with Crippen LogP contribution in [0.1, 0.15) is 33.4 Å². The third kappa shape index (κ3) is 4.79. The van der Waals surface area contributed by atoms with E-state index in [0.29, 0.717) is 23.8 Å². The number of hydrogen-bond acceptors (Lipinski definition) is 6. The summed E-state index contributed by atoms with van der Waals surface area (Å²) < 4.78 is 6.78. The van der Waals surface area contributed by atoms with Gasteiger partial charge in [0.15, 0.2) is 5.82 Å². The molecule has 0 aliphatic carbocycles. The molecule has 0 unspecified atom stereocenters. The van der Waals surface area contributed by atoms with Gasteiger partial charge in [-0.2, -0.15) is 0 Å². The second-order valence-corrected chi connectivity index (χ2v) is 7.42. The van der Waals surface area contributed by atoms with Gasteiger partial charge in [0, 0.05) is 13.1 Å². The predicted octanol–water partition coefficient (Wildman–Crippen LogP) is 2.66. The molecule has 2 rings (SSSR count). The maximum atomic E-state index is 12.6. The van der Waals surface area contributed by atoms with E-state index in [4.69, 9.17) is 4.74 Å². The van der Waals surface area contributed by atoms with Crippen LogP contribution in [0.5, 0.6) is 0 Å². The van der Waals surface area contributed by atoms with Crippen molar-refractivity contribution in [1.82, 2.24) is 19.9 Å². The first kappa shape index (κ1) is 21.2. The number of aromatic nitrogens is 3. The summed E-state index contributed by atoms with van der Waals surface area (Å²) in [5.41, 5.74) is 0.396. The summed E-state index contributed by atoms with van der Waals surface area (Å²) in [7, 11) is 0. The van der Waals surface area contributed by atoms with E-state index in [1.807, 2.05) is 0 Å². The number of carbonyl (C=O) groups excluding carboxylic acids is 2. The van der Waals surface area contributed by atoms with Crippen molar-refractivity contribution < 1.29 is 19.4 Å². The van der Waals surface area contributed by atoms with Crippen LogP contribution < -0.4 is 4.90 Å². The number of aliphatic hydroxyl groups is 1. The molecule has 2 heterocycles. The van der Waals surface area contributed by atoms with Gasteiger partial charge in [-0.25, -0.2) is 9.48 Å². The number of hydrogen-bond donors (Lipinski definition) is 1. The number of nitrogens with zero attached hydrogens (tertiary/aromatic N) is 5.